The highest BCUT2D eigenvalue weighted by Gasteiger charge is 2.21. The number of aliphatic hydroxyl groups excluding tert-OH is 1. The molecule has 1 saturated heterocycles. The lowest BCUT2D eigenvalue weighted by Gasteiger charge is -2.27. The van der Waals surface area contributed by atoms with Crippen molar-refractivity contribution in [2.75, 3.05) is 26.3 Å². The highest BCUT2D eigenvalue weighted by atomic mass is 16.5. The van der Waals surface area contributed by atoms with E-state index in [0.717, 1.165) is 38.8 Å². The van der Waals surface area contributed by atoms with Gasteiger partial charge in [0, 0.05) is 26.2 Å². The van der Waals surface area contributed by atoms with Crippen LogP contribution in [0.1, 0.15) is 28.8 Å². The van der Waals surface area contributed by atoms with E-state index in [1.807, 2.05) is 24.3 Å². The molecular formula is C22H27NO4. The third-order valence-corrected chi connectivity index (χ3v) is 4.68. The number of para-hydroxylation sites is 1. The zero-order valence-electron chi connectivity index (χ0n) is 15.5. The maximum Gasteiger partial charge on any atom is 0.153 e. The lowest BCUT2D eigenvalue weighted by molar-refractivity contribution is 0.0312. The van der Waals surface area contributed by atoms with E-state index in [0.29, 0.717) is 17.9 Å². The number of aliphatic hydroxyl groups is 1. The monoisotopic (exact) mass is 369 g/mol. The largest absolute Gasteiger partial charge is 0.490 e. The molecule has 0 radical (unpaired) electrons. The van der Waals surface area contributed by atoms with Gasteiger partial charge in [0.1, 0.15) is 18.5 Å². The van der Waals surface area contributed by atoms with Gasteiger partial charge in [0.2, 0.25) is 0 Å². The van der Waals surface area contributed by atoms with Gasteiger partial charge in [-0.1, -0.05) is 42.5 Å². The van der Waals surface area contributed by atoms with Gasteiger partial charge in [-0.2, -0.15) is 0 Å². The fraction of sp³-hybridized carbons (Fsp3) is 0.409. The molecule has 1 aliphatic rings. The molecule has 1 heterocycles. The third kappa shape index (κ3) is 6.17. The van der Waals surface area contributed by atoms with E-state index in [9.17, 15) is 9.90 Å². The van der Waals surface area contributed by atoms with Crippen molar-refractivity contribution in [1.29, 1.82) is 0 Å². The number of ether oxygens (including phenoxy) is 2. The van der Waals surface area contributed by atoms with Crippen LogP contribution in [-0.2, 0) is 11.3 Å². The normalized spacial score (nSPS) is 17.8. The molecule has 1 aliphatic heterocycles. The molecule has 0 saturated carbocycles. The molecule has 0 aromatic heterocycles. The van der Waals surface area contributed by atoms with Gasteiger partial charge in [-0.3, -0.25) is 9.69 Å². The van der Waals surface area contributed by atoms with Crippen LogP contribution in [0.3, 0.4) is 0 Å². The minimum absolute atomic E-state index is 0.141. The van der Waals surface area contributed by atoms with Crippen molar-refractivity contribution >= 4 is 6.29 Å². The van der Waals surface area contributed by atoms with Crippen LogP contribution in [0.4, 0.5) is 0 Å². The topological polar surface area (TPSA) is 59.0 Å². The summed E-state index contributed by atoms with van der Waals surface area (Å²) in [5.74, 6) is 0.500. The predicted octanol–water partition coefficient (Wildman–Crippen LogP) is 2.92. The average Bonchev–Trinajstić information content (AvgIpc) is 3.20. The molecule has 2 aromatic carbocycles. The average molecular weight is 369 g/mol. The van der Waals surface area contributed by atoms with Gasteiger partial charge in [-0.05, 0) is 30.5 Å². The molecule has 2 unspecified atom stereocenters. The van der Waals surface area contributed by atoms with Gasteiger partial charge in [0.15, 0.2) is 6.29 Å². The summed E-state index contributed by atoms with van der Waals surface area (Å²) in [6.45, 7) is 2.98. The Kier molecular flexibility index (Phi) is 7.39. The quantitative estimate of drug-likeness (QED) is 0.653. The van der Waals surface area contributed by atoms with E-state index >= 15 is 0 Å². The second-order valence-corrected chi connectivity index (χ2v) is 6.94. The number of hydrogen-bond donors (Lipinski definition) is 1. The molecule has 5 nitrogen and oxygen atoms in total. The summed E-state index contributed by atoms with van der Waals surface area (Å²) in [4.78, 5) is 13.3. The lowest BCUT2D eigenvalue weighted by Crippen LogP contribution is -2.39. The Bertz CT molecular complexity index is 700. The maximum atomic E-state index is 11.1. The molecule has 3 rings (SSSR count). The van der Waals surface area contributed by atoms with Crippen LogP contribution in [-0.4, -0.2) is 54.8 Å². The van der Waals surface area contributed by atoms with Gasteiger partial charge >= 0.3 is 0 Å². The smallest absolute Gasteiger partial charge is 0.153 e. The van der Waals surface area contributed by atoms with Crippen LogP contribution in [0, 0.1) is 0 Å². The molecule has 2 atom stereocenters. The first-order chi connectivity index (χ1) is 13.2. The molecule has 2 aromatic rings. The summed E-state index contributed by atoms with van der Waals surface area (Å²) in [7, 11) is 0. The molecule has 5 heteroatoms. The van der Waals surface area contributed by atoms with Crippen LogP contribution in [0.5, 0.6) is 5.75 Å². The number of carbonyl (C=O) groups is 1. The van der Waals surface area contributed by atoms with Crippen molar-refractivity contribution in [3.8, 4) is 5.75 Å². The van der Waals surface area contributed by atoms with Crippen molar-refractivity contribution in [3.05, 3.63) is 65.7 Å². The Hall–Kier alpha value is -2.21. The Morgan fingerprint density at radius 3 is 2.70 bits per heavy atom. The number of aldehydes is 1. The first-order valence-electron chi connectivity index (χ1n) is 9.47. The molecule has 1 fully saturated rings. The summed E-state index contributed by atoms with van der Waals surface area (Å²) in [5, 5.41) is 10.5. The van der Waals surface area contributed by atoms with Crippen molar-refractivity contribution in [3.63, 3.8) is 0 Å². The van der Waals surface area contributed by atoms with Crippen LogP contribution in [0.15, 0.2) is 54.6 Å². The molecule has 0 amide bonds. The van der Waals surface area contributed by atoms with E-state index in [4.69, 9.17) is 9.47 Å². The minimum Gasteiger partial charge on any atom is -0.490 e. The second-order valence-electron chi connectivity index (χ2n) is 6.94. The van der Waals surface area contributed by atoms with Gasteiger partial charge in [0.05, 0.1) is 11.7 Å². The molecule has 1 N–H and O–H groups in total. The van der Waals surface area contributed by atoms with E-state index in [2.05, 4.69) is 17.0 Å². The lowest BCUT2D eigenvalue weighted by atomic mass is 10.1. The second kappa shape index (κ2) is 10.2. The third-order valence-electron chi connectivity index (χ3n) is 4.68. The SMILES string of the molecule is O=Cc1ccccc1OCC(O)CN(Cc1ccccc1)CC1CCCO1. The van der Waals surface area contributed by atoms with E-state index in [1.54, 1.807) is 18.2 Å². The van der Waals surface area contributed by atoms with Gasteiger partial charge in [0.25, 0.3) is 0 Å². The van der Waals surface area contributed by atoms with Crippen LogP contribution < -0.4 is 4.74 Å². The van der Waals surface area contributed by atoms with Crippen LogP contribution in [0.25, 0.3) is 0 Å². The Morgan fingerprint density at radius 1 is 1.19 bits per heavy atom. The summed E-state index contributed by atoms with van der Waals surface area (Å²) < 4.78 is 11.4. The van der Waals surface area contributed by atoms with E-state index in [-0.39, 0.29) is 12.7 Å². The van der Waals surface area contributed by atoms with Gasteiger partial charge in [-0.25, -0.2) is 0 Å². The molecule has 0 bridgehead atoms. The Labute approximate surface area is 160 Å². The number of hydrogen-bond acceptors (Lipinski definition) is 5. The Morgan fingerprint density at radius 2 is 1.96 bits per heavy atom. The van der Waals surface area contributed by atoms with Gasteiger partial charge < -0.3 is 14.6 Å². The van der Waals surface area contributed by atoms with E-state index in [1.165, 1.54) is 5.56 Å². The van der Waals surface area contributed by atoms with Crippen LogP contribution in [0.2, 0.25) is 0 Å². The fourth-order valence-electron chi connectivity index (χ4n) is 3.37. The zero-order chi connectivity index (χ0) is 18.9. The first kappa shape index (κ1) is 19.5. The highest BCUT2D eigenvalue weighted by molar-refractivity contribution is 5.79. The predicted molar refractivity (Wildman–Crippen MR) is 104 cm³/mol. The fourth-order valence-corrected chi connectivity index (χ4v) is 3.37. The van der Waals surface area contributed by atoms with Crippen molar-refractivity contribution in [2.24, 2.45) is 0 Å². The summed E-state index contributed by atoms with van der Waals surface area (Å²) in [6.07, 6.45) is 2.48. The minimum atomic E-state index is -0.658. The molecule has 27 heavy (non-hydrogen) atoms. The van der Waals surface area contributed by atoms with Crippen LogP contribution >= 0.6 is 0 Å². The standard InChI is InChI=1S/C22H27NO4/c24-16-19-9-4-5-11-22(19)27-17-20(25)14-23(15-21-10-6-12-26-21)13-18-7-2-1-3-8-18/h1-5,7-9,11,16,20-21,25H,6,10,12-15,17H2. The number of nitrogens with zero attached hydrogens (tertiary/aromatic N) is 1. The number of benzene rings is 2. The van der Waals surface area contributed by atoms with Crippen molar-refractivity contribution < 1.29 is 19.4 Å². The summed E-state index contributed by atoms with van der Waals surface area (Å²) >= 11 is 0. The highest BCUT2D eigenvalue weighted by Crippen LogP contribution is 2.17. The van der Waals surface area contributed by atoms with Crippen molar-refractivity contribution in [2.45, 2.75) is 31.6 Å². The Balaban J connectivity index is 1.57. The summed E-state index contributed by atoms with van der Waals surface area (Å²) in [6, 6.07) is 17.3. The molecule has 144 valence electrons. The summed E-state index contributed by atoms with van der Waals surface area (Å²) in [5.41, 5.74) is 1.69. The van der Waals surface area contributed by atoms with Gasteiger partial charge in [-0.15, -0.1) is 0 Å². The van der Waals surface area contributed by atoms with E-state index < -0.39 is 6.10 Å². The number of carbonyl (C=O) groups excluding carboxylic acids is 1. The molecule has 0 spiro atoms. The zero-order valence-corrected chi connectivity index (χ0v) is 15.5. The van der Waals surface area contributed by atoms with Crippen molar-refractivity contribution in [1.82, 2.24) is 4.90 Å². The first-order valence-corrected chi connectivity index (χ1v) is 9.47. The number of rotatable bonds is 10. The molecule has 0 aliphatic carbocycles. The maximum absolute atomic E-state index is 11.1. The molecular weight excluding hydrogens is 342 g/mol.